The van der Waals surface area contributed by atoms with E-state index >= 15 is 0 Å². The molecule has 1 aliphatic carbocycles. The van der Waals surface area contributed by atoms with Crippen LogP contribution in [0.5, 0.6) is 0 Å². The summed E-state index contributed by atoms with van der Waals surface area (Å²) >= 11 is 3.36. The summed E-state index contributed by atoms with van der Waals surface area (Å²) < 4.78 is 6.38. The molecule has 2 N–H and O–H groups in total. The molecule has 0 spiro atoms. The van der Waals surface area contributed by atoms with Crippen LogP contribution in [0.25, 0.3) is 11.0 Å². The number of benzene rings is 1. The van der Waals surface area contributed by atoms with E-state index in [0.29, 0.717) is 18.4 Å². The third-order valence-electron chi connectivity index (χ3n) is 3.92. The van der Waals surface area contributed by atoms with Crippen molar-refractivity contribution in [2.24, 2.45) is 0 Å². The van der Waals surface area contributed by atoms with Crippen molar-refractivity contribution in [2.75, 3.05) is 0 Å². The van der Waals surface area contributed by atoms with Gasteiger partial charge in [-0.15, -0.1) is 0 Å². The number of rotatable bonds is 3. The normalized spacial score (nSPS) is 17.0. The molecule has 1 aromatic heterocycles. The molecule has 0 radical (unpaired) electrons. The maximum absolute atomic E-state index is 12.3. The van der Waals surface area contributed by atoms with Gasteiger partial charge < -0.3 is 14.8 Å². The van der Waals surface area contributed by atoms with Gasteiger partial charge in [0, 0.05) is 9.86 Å². The molecule has 5 nitrogen and oxygen atoms in total. The van der Waals surface area contributed by atoms with Crippen molar-refractivity contribution in [3.8, 4) is 0 Å². The van der Waals surface area contributed by atoms with Crippen LogP contribution in [0.3, 0.4) is 0 Å². The topological polar surface area (TPSA) is 79.5 Å². The highest BCUT2D eigenvalue weighted by Crippen LogP contribution is 2.31. The van der Waals surface area contributed by atoms with Gasteiger partial charge in [-0.25, -0.2) is 4.79 Å². The second-order valence-corrected chi connectivity index (χ2v) is 6.26. The largest absolute Gasteiger partial charge is 0.480 e. The van der Waals surface area contributed by atoms with Crippen LogP contribution in [0.4, 0.5) is 0 Å². The van der Waals surface area contributed by atoms with Crippen LogP contribution < -0.4 is 5.32 Å². The zero-order chi connectivity index (χ0) is 15.0. The van der Waals surface area contributed by atoms with E-state index < -0.39 is 17.4 Å². The minimum absolute atomic E-state index is 0.135. The van der Waals surface area contributed by atoms with Crippen molar-refractivity contribution >= 4 is 38.8 Å². The van der Waals surface area contributed by atoms with Gasteiger partial charge >= 0.3 is 5.97 Å². The summed E-state index contributed by atoms with van der Waals surface area (Å²) in [7, 11) is 0. The Morgan fingerprint density at radius 3 is 2.62 bits per heavy atom. The molecule has 1 saturated carbocycles. The molecule has 1 heterocycles. The van der Waals surface area contributed by atoms with Crippen LogP contribution in [0.1, 0.15) is 36.2 Å². The molecule has 1 aliphatic rings. The number of halogens is 1. The molecule has 3 rings (SSSR count). The predicted molar refractivity (Wildman–Crippen MR) is 80.2 cm³/mol. The quantitative estimate of drug-likeness (QED) is 0.888. The highest BCUT2D eigenvalue weighted by Gasteiger charge is 2.43. The van der Waals surface area contributed by atoms with Crippen molar-refractivity contribution < 1.29 is 19.1 Å². The van der Waals surface area contributed by atoms with Gasteiger partial charge in [-0.2, -0.15) is 0 Å². The number of hydrogen-bond acceptors (Lipinski definition) is 3. The van der Waals surface area contributed by atoms with Crippen molar-refractivity contribution in [2.45, 2.75) is 31.2 Å². The molecule has 0 saturated heterocycles. The van der Waals surface area contributed by atoms with E-state index in [1.165, 1.54) is 0 Å². The van der Waals surface area contributed by atoms with Crippen molar-refractivity contribution in [1.82, 2.24) is 5.32 Å². The SMILES string of the molecule is O=C(NC1(C(=O)O)CCCC1)c1cc2cc(Br)ccc2o1. The number of nitrogens with one attached hydrogen (secondary N) is 1. The fourth-order valence-corrected chi connectivity index (χ4v) is 3.15. The summed E-state index contributed by atoms with van der Waals surface area (Å²) in [5, 5.41) is 12.8. The Balaban J connectivity index is 1.88. The number of carboxylic acids is 1. The fourth-order valence-electron chi connectivity index (χ4n) is 2.78. The van der Waals surface area contributed by atoms with Gasteiger partial charge in [0.15, 0.2) is 5.76 Å². The molecule has 21 heavy (non-hydrogen) atoms. The molecule has 0 atom stereocenters. The molecule has 2 aromatic rings. The Kier molecular flexibility index (Phi) is 3.49. The third kappa shape index (κ3) is 2.55. The summed E-state index contributed by atoms with van der Waals surface area (Å²) in [4.78, 5) is 23.7. The van der Waals surface area contributed by atoms with Crippen LogP contribution in [-0.4, -0.2) is 22.5 Å². The zero-order valence-corrected chi connectivity index (χ0v) is 12.8. The Morgan fingerprint density at radius 1 is 1.24 bits per heavy atom. The second kappa shape index (κ2) is 5.18. The summed E-state index contributed by atoms with van der Waals surface area (Å²) in [5.74, 6) is -1.32. The Labute approximate surface area is 129 Å². The van der Waals surface area contributed by atoms with E-state index in [9.17, 15) is 14.7 Å². The lowest BCUT2D eigenvalue weighted by molar-refractivity contribution is -0.144. The predicted octanol–water partition coefficient (Wildman–Crippen LogP) is 3.32. The number of aliphatic carboxylic acids is 1. The summed E-state index contributed by atoms with van der Waals surface area (Å²) in [6.07, 6.45) is 2.53. The number of carbonyl (C=O) groups excluding carboxylic acids is 1. The summed E-state index contributed by atoms with van der Waals surface area (Å²) in [5.41, 5.74) is -0.560. The highest BCUT2D eigenvalue weighted by molar-refractivity contribution is 9.10. The van der Waals surface area contributed by atoms with Gasteiger partial charge in [0.2, 0.25) is 0 Å². The van der Waals surface area contributed by atoms with Gasteiger partial charge in [-0.1, -0.05) is 28.8 Å². The average molecular weight is 352 g/mol. The number of carbonyl (C=O) groups is 2. The number of fused-ring (bicyclic) bond motifs is 1. The molecule has 1 fully saturated rings. The van der Waals surface area contributed by atoms with Crippen LogP contribution in [-0.2, 0) is 4.79 Å². The monoisotopic (exact) mass is 351 g/mol. The van der Waals surface area contributed by atoms with Crippen molar-refractivity contribution in [3.63, 3.8) is 0 Å². The standard InChI is InChI=1S/C15H14BrNO4/c16-10-3-4-11-9(7-10)8-12(21-11)13(18)17-15(14(19)20)5-1-2-6-15/h3-4,7-8H,1-2,5-6H2,(H,17,18)(H,19,20). The van der Waals surface area contributed by atoms with E-state index in [4.69, 9.17) is 4.42 Å². The van der Waals surface area contributed by atoms with Gasteiger partial charge in [-0.05, 0) is 37.1 Å². The molecular formula is C15H14BrNO4. The minimum atomic E-state index is -1.16. The molecule has 110 valence electrons. The zero-order valence-electron chi connectivity index (χ0n) is 11.2. The smallest absolute Gasteiger partial charge is 0.329 e. The Morgan fingerprint density at radius 2 is 1.95 bits per heavy atom. The first kappa shape index (κ1) is 14.1. The lowest BCUT2D eigenvalue weighted by Gasteiger charge is -2.24. The average Bonchev–Trinajstić information content (AvgIpc) is 3.05. The van der Waals surface area contributed by atoms with Crippen molar-refractivity contribution in [3.05, 3.63) is 34.5 Å². The lowest BCUT2D eigenvalue weighted by Crippen LogP contribution is -2.52. The summed E-state index contributed by atoms with van der Waals surface area (Å²) in [6.45, 7) is 0. The number of furan rings is 1. The lowest BCUT2D eigenvalue weighted by atomic mass is 9.98. The fraction of sp³-hybridized carbons (Fsp3) is 0.333. The third-order valence-corrected chi connectivity index (χ3v) is 4.41. The first-order chi connectivity index (χ1) is 10.00. The molecule has 1 amide bonds. The number of hydrogen-bond donors (Lipinski definition) is 2. The Bertz CT molecular complexity index is 716. The van der Waals surface area contributed by atoms with E-state index in [1.54, 1.807) is 12.1 Å². The van der Waals surface area contributed by atoms with Gasteiger partial charge in [0.25, 0.3) is 5.91 Å². The van der Waals surface area contributed by atoms with Gasteiger partial charge in [0.1, 0.15) is 11.1 Å². The van der Waals surface area contributed by atoms with Gasteiger partial charge in [-0.3, -0.25) is 4.79 Å². The van der Waals surface area contributed by atoms with Gasteiger partial charge in [0.05, 0.1) is 0 Å². The maximum atomic E-state index is 12.3. The van der Waals surface area contributed by atoms with Crippen molar-refractivity contribution in [1.29, 1.82) is 0 Å². The first-order valence-electron chi connectivity index (χ1n) is 6.75. The first-order valence-corrected chi connectivity index (χ1v) is 7.54. The van der Waals surface area contributed by atoms with Crippen LogP contribution in [0, 0.1) is 0 Å². The highest BCUT2D eigenvalue weighted by atomic mass is 79.9. The molecular weight excluding hydrogens is 338 g/mol. The minimum Gasteiger partial charge on any atom is -0.480 e. The molecule has 0 aliphatic heterocycles. The second-order valence-electron chi connectivity index (χ2n) is 5.34. The van der Waals surface area contributed by atoms with E-state index in [1.807, 2.05) is 12.1 Å². The Hall–Kier alpha value is -1.82. The van der Waals surface area contributed by atoms with E-state index in [-0.39, 0.29) is 5.76 Å². The molecule has 6 heteroatoms. The molecule has 0 bridgehead atoms. The molecule has 0 unspecified atom stereocenters. The van der Waals surface area contributed by atoms with E-state index in [0.717, 1.165) is 22.7 Å². The van der Waals surface area contributed by atoms with Crippen LogP contribution in [0.15, 0.2) is 33.2 Å². The van der Waals surface area contributed by atoms with E-state index in [2.05, 4.69) is 21.2 Å². The van der Waals surface area contributed by atoms with Crippen LogP contribution >= 0.6 is 15.9 Å². The number of amides is 1. The van der Waals surface area contributed by atoms with Crippen LogP contribution in [0.2, 0.25) is 0 Å². The number of carboxylic acid groups (broad SMARTS) is 1. The maximum Gasteiger partial charge on any atom is 0.329 e. The summed E-state index contributed by atoms with van der Waals surface area (Å²) in [6, 6.07) is 7.06. The molecule has 1 aromatic carbocycles.